The molecule has 4 atom stereocenters. The molecule has 0 amide bonds. The number of carbonyl (C=O) groups excluding carboxylic acids is 1. The second-order valence-corrected chi connectivity index (χ2v) is 24.1. The summed E-state index contributed by atoms with van der Waals surface area (Å²) in [6, 6.07) is 17.6. The maximum absolute atomic E-state index is 13.9. The highest BCUT2D eigenvalue weighted by atomic mass is 28.4. The lowest BCUT2D eigenvalue weighted by molar-refractivity contribution is -0.203. The van der Waals surface area contributed by atoms with Crippen molar-refractivity contribution in [3.05, 3.63) is 65.7 Å². The van der Waals surface area contributed by atoms with Crippen LogP contribution in [0.1, 0.15) is 59.1 Å². The van der Waals surface area contributed by atoms with E-state index in [1.807, 2.05) is 54.6 Å². The molecular formula is C34H54O7Si2. The van der Waals surface area contributed by atoms with E-state index in [0.29, 0.717) is 6.61 Å². The second-order valence-electron chi connectivity index (χ2n) is 14.6. The molecule has 0 aromatic heterocycles. The molecule has 0 radical (unpaired) electrons. The Balaban J connectivity index is 1.93. The highest BCUT2D eigenvalue weighted by molar-refractivity contribution is 6.74. The largest absolute Gasteiger partial charge is 0.497 e. The fourth-order valence-electron chi connectivity index (χ4n) is 4.46. The van der Waals surface area contributed by atoms with E-state index in [2.05, 4.69) is 67.7 Å². The summed E-state index contributed by atoms with van der Waals surface area (Å²) in [5, 5.41) is -0.0851. The molecule has 0 unspecified atom stereocenters. The van der Waals surface area contributed by atoms with E-state index < -0.39 is 41.1 Å². The molecule has 2 aromatic rings. The van der Waals surface area contributed by atoms with E-state index in [0.717, 1.165) is 16.9 Å². The Morgan fingerprint density at radius 1 is 0.721 bits per heavy atom. The van der Waals surface area contributed by atoms with Gasteiger partial charge in [-0.25, -0.2) is 0 Å². The van der Waals surface area contributed by atoms with Gasteiger partial charge in [-0.15, -0.1) is 0 Å². The van der Waals surface area contributed by atoms with Gasteiger partial charge in [0.1, 0.15) is 24.8 Å². The summed E-state index contributed by atoms with van der Waals surface area (Å²) >= 11 is 0. The fourth-order valence-corrected chi connectivity index (χ4v) is 7.11. The molecule has 7 nitrogen and oxygen atoms in total. The fraction of sp³-hybridized carbons (Fsp3) is 0.618. The van der Waals surface area contributed by atoms with E-state index in [9.17, 15) is 4.79 Å². The molecule has 0 spiro atoms. The summed E-state index contributed by atoms with van der Waals surface area (Å²) in [5.41, 5.74) is 1.99. The molecule has 0 bridgehead atoms. The van der Waals surface area contributed by atoms with Gasteiger partial charge in [0.15, 0.2) is 22.4 Å². The first kappa shape index (κ1) is 35.6. The molecule has 0 N–H and O–H groups in total. The predicted octanol–water partition coefficient (Wildman–Crippen LogP) is 7.89. The molecule has 1 aliphatic carbocycles. The standard InChI is InChI=1S/C34H54O7Si2/c1-33(2,3)42(8,9)40-29-21-28(35)30(38-23-26-17-19-27(36-7)20-18-26)32(31(29)41-43(10,11)34(4,5)6)39-24-37-22-25-15-13-12-14-16-25/h12-20,29-32H,21-24H2,1-11H3/t29-,30-,31+,32+/m1/s1. The third kappa shape index (κ3) is 9.56. The molecular weight excluding hydrogens is 577 g/mol. The van der Waals surface area contributed by atoms with Crippen LogP contribution in [0.15, 0.2) is 54.6 Å². The summed E-state index contributed by atoms with van der Waals surface area (Å²) in [7, 11) is -2.93. The Hall–Kier alpha value is -1.86. The highest BCUT2D eigenvalue weighted by Gasteiger charge is 2.53. The number of ketones is 1. The van der Waals surface area contributed by atoms with Crippen LogP contribution >= 0.6 is 0 Å². The Labute approximate surface area is 261 Å². The van der Waals surface area contributed by atoms with Gasteiger partial charge in [-0.05, 0) is 59.5 Å². The van der Waals surface area contributed by atoms with Gasteiger partial charge in [-0.3, -0.25) is 4.79 Å². The van der Waals surface area contributed by atoms with E-state index in [-0.39, 0.29) is 35.7 Å². The molecule has 1 aliphatic rings. The van der Waals surface area contributed by atoms with E-state index in [4.69, 9.17) is 27.8 Å². The monoisotopic (exact) mass is 630 g/mol. The van der Waals surface area contributed by atoms with Gasteiger partial charge < -0.3 is 27.8 Å². The summed E-state index contributed by atoms with van der Waals surface area (Å²) < 4.78 is 38.1. The molecule has 9 heteroatoms. The molecule has 0 aliphatic heterocycles. The Morgan fingerprint density at radius 3 is 1.84 bits per heavy atom. The van der Waals surface area contributed by atoms with E-state index in [1.54, 1.807) is 7.11 Å². The lowest BCUT2D eigenvalue weighted by Crippen LogP contribution is -2.63. The van der Waals surface area contributed by atoms with Crippen molar-refractivity contribution in [2.45, 2.75) is 122 Å². The van der Waals surface area contributed by atoms with Crippen molar-refractivity contribution in [2.75, 3.05) is 13.9 Å². The molecule has 3 rings (SSSR count). The quantitative estimate of drug-likeness (QED) is 0.127. The number of methoxy groups -OCH3 is 1. The van der Waals surface area contributed by atoms with Gasteiger partial charge in [0.05, 0.1) is 32.5 Å². The Kier molecular flexibility index (Phi) is 12.0. The normalized spacial score (nSPS) is 22.1. The third-order valence-electron chi connectivity index (χ3n) is 9.24. The highest BCUT2D eigenvalue weighted by Crippen LogP contribution is 2.43. The summed E-state index contributed by atoms with van der Waals surface area (Å²) in [6.07, 6.45) is -2.24. The Morgan fingerprint density at radius 2 is 1.28 bits per heavy atom. The first-order chi connectivity index (χ1) is 19.9. The predicted molar refractivity (Wildman–Crippen MR) is 176 cm³/mol. The van der Waals surface area contributed by atoms with Crippen molar-refractivity contribution in [2.24, 2.45) is 0 Å². The van der Waals surface area contributed by atoms with Crippen molar-refractivity contribution in [3.8, 4) is 5.75 Å². The molecule has 1 fully saturated rings. The van der Waals surface area contributed by atoms with Crippen LogP contribution < -0.4 is 4.74 Å². The molecule has 1 saturated carbocycles. The summed E-state index contributed by atoms with van der Waals surface area (Å²) in [5.74, 6) is 0.725. The average molecular weight is 631 g/mol. The molecule has 0 heterocycles. The van der Waals surface area contributed by atoms with Gasteiger partial charge in [-0.2, -0.15) is 0 Å². The number of hydrogen-bond acceptors (Lipinski definition) is 7. The first-order valence-corrected chi connectivity index (χ1v) is 21.1. The minimum atomic E-state index is -2.31. The summed E-state index contributed by atoms with van der Waals surface area (Å²) in [4.78, 5) is 13.9. The average Bonchev–Trinajstić information content (AvgIpc) is 2.91. The van der Waals surface area contributed by atoms with Crippen molar-refractivity contribution in [3.63, 3.8) is 0 Å². The van der Waals surface area contributed by atoms with Gasteiger partial charge in [0.25, 0.3) is 0 Å². The topological polar surface area (TPSA) is 72.5 Å². The zero-order chi connectivity index (χ0) is 32.1. The smallest absolute Gasteiger partial charge is 0.192 e. The molecule has 0 saturated heterocycles. The Bertz CT molecular complexity index is 1150. The molecule has 2 aromatic carbocycles. The number of Topliss-reactive ketones (excluding diaryl/α,β-unsaturated/α-hetero) is 1. The van der Waals surface area contributed by atoms with Crippen LogP contribution in [0.2, 0.25) is 36.3 Å². The van der Waals surface area contributed by atoms with Crippen LogP contribution in [-0.2, 0) is 41.1 Å². The summed E-state index contributed by atoms with van der Waals surface area (Å²) in [6.45, 7) is 22.8. The van der Waals surface area contributed by atoms with Crippen LogP contribution in [0.5, 0.6) is 5.75 Å². The van der Waals surface area contributed by atoms with Crippen molar-refractivity contribution in [1.82, 2.24) is 0 Å². The first-order valence-electron chi connectivity index (χ1n) is 15.3. The van der Waals surface area contributed by atoms with Gasteiger partial charge in [0.2, 0.25) is 0 Å². The van der Waals surface area contributed by atoms with Crippen molar-refractivity contribution >= 4 is 22.4 Å². The van der Waals surface area contributed by atoms with Crippen LogP contribution in [0.25, 0.3) is 0 Å². The van der Waals surface area contributed by atoms with Gasteiger partial charge in [0, 0.05) is 6.42 Å². The van der Waals surface area contributed by atoms with Gasteiger partial charge in [-0.1, -0.05) is 84.0 Å². The maximum atomic E-state index is 13.9. The van der Waals surface area contributed by atoms with Crippen LogP contribution in [0.4, 0.5) is 0 Å². The van der Waals surface area contributed by atoms with Crippen molar-refractivity contribution < 1.29 is 32.6 Å². The minimum absolute atomic E-state index is 0.000584. The van der Waals surface area contributed by atoms with Crippen molar-refractivity contribution in [1.29, 1.82) is 0 Å². The second kappa shape index (κ2) is 14.5. The maximum Gasteiger partial charge on any atom is 0.192 e. The van der Waals surface area contributed by atoms with Crippen LogP contribution in [-0.4, -0.2) is 60.7 Å². The number of carbonyl (C=O) groups is 1. The van der Waals surface area contributed by atoms with E-state index in [1.165, 1.54) is 0 Å². The lowest BCUT2D eigenvalue weighted by atomic mass is 9.88. The van der Waals surface area contributed by atoms with Crippen LogP contribution in [0.3, 0.4) is 0 Å². The zero-order valence-electron chi connectivity index (χ0n) is 28.2. The van der Waals surface area contributed by atoms with Crippen LogP contribution in [0, 0.1) is 0 Å². The minimum Gasteiger partial charge on any atom is -0.497 e. The lowest BCUT2D eigenvalue weighted by Gasteiger charge is -2.49. The number of benzene rings is 2. The molecule has 43 heavy (non-hydrogen) atoms. The number of ether oxygens (including phenoxy) is 4. The molecule has 240 valence electrons. The number of rotatable bonds is 13. The van der Waals surface area contributed by atoms with E-state index >= 15 is 0 Å². The van der Waals surface area contributed by atoms with Gasteiger partial charge >= 0.3 is 0 Å². The third-order valence-corrected chi connectivity index (χ3v) is 18.2. The zero-order valence-corrected chi connectivity index (χ0v) is 30.2. The SMILES string of the molecule is COc1ccc(CO[C@@H]2C(=O)C[C@@H](O[Si](C)(C)C(C)(C)C)[C@H](O[Si](C)(C)C(C)(C)C)[C@H]2OCOCc2ccccc2)cc1. The number of hydrogen-bond donors (Lipinski definition) is 0.